The van der Waals surface area contributed by atoms with Gasteiger partial charge in [-0.3, -0.25) is 0 Å². The molecular weight excluding hydrogens is 925 g/mol. The fraction of sp³-hybridized carbons (Fsp3) is 0.0270. The van der Waals surface area contributed by atoms with Crippen LogP contribution in [0.5, 0.6) is 0 Å². The molecular formula is C37H33F12IP2S2. The molecule has 0 amide bonds. The molecule has 0 aromatic heterocycles. The summed E-state index contributed by atoms with van der Waals surface area (Å²) in [7, 11) is -17.2. The van der Waals surface area contributed by atoms with Crippen molar-refractivity contribution in [2.45, 2.75) is 31.9 Å². The van der Waals surface area contributed by atoms with Crippen LogP contribution in [0.2, 0.25) is 0 Å². The van der Waals surface area contributed by atoms with Crippen molar-refractivity contribution in [2.24, 2.45) is 0 Å². The Hall–Kier alpha value is -3.23. The summed E-state index contributed by atoms with van der Waals surface area (Å²) in [5, 5.41) is 0. The van der Waals surface area contributed by atoms with Crippen molar-refractivity contribution in [3.05, 3.63) is 183 Å². The van der Waals surface area contributed by atoms with Crippen LogP contribution in [-0.2, 0) is 10.9 Å². The summed E-state index contributed by atoms with van der Waals surface area (Å²) in [5.74, 6) is 0. The molecule has 0 radical (unpaired) electrons. The number of hydrogen-bond donors (Lipinski definition) is 0. The summed E-state index contributed by atoms with van der Waals surface area (Å²) in [4.78, 5) is 6.58. The van der Waals surface area contributed by atoms with Crippen LogP contribution in [0.3, 0.4) is 0 Å². The molecule has 0 saturated carbocycles. The zero-order chi connectivity index (χ0) is 37.4. The maximum absolute atomic E-state index is 9.84. The third-order valence-corrected chi connectivity index (χ3v) is 11.6. The van der Waals surface area contributed by atoms with Crippen molar-refractivity contribution < 1.29 is 72.6 Å². The van der Waals surface area contributed by atoms with Gasteiger partial charge in [0.15, 0.2) is 21.8 Å². The number of rotatable bonds is 7. The molecule has 6 aromatic carbocycles. The first-order chi connectivity index (χ1) is 23.8. The molecule has 0 spiro atoms. The van der Waals surface area contributed by atoms with E-state index in [0.29, 0.717) is 0 Å². The van der Waals surface area contributed by atoms with Crippen molar-refractivity contribution in [1.82, 2.24) is 0 Å². The molecule has 0 unspecified atom stereocenters. The van der Waals surface area contributed by atoms with Crippen LogP contribution < -0.4 is 30.6 Å². The van der Waals surface area contributed by atoms with Crippen molar-refractivity contribution in [3.63, 3.8) is 0 Å². The molecule has 0 aliphatic carbocycles. The normalized spacial score (nSPS) is 11.8. The average Bonchev–Trinajstić information content (AvgIpc) is 3.06. The molecule has 54 heavy (non-hydrogen) atoms. The summed E-state index contributed by atoms with van der Waals surface area (Å²) in [6.07, 6.45) is 0. The zero-order valence-corrected chi connectivity index (χ0v) is 32.4. The summed E-state index contributed by atoms with van der Waals surface area (Å²) in [6.45, 7) is 0. The van der Waals surface area contributed by atoms with Gasteiger partial charge in [-0.15, -0.1) is 0 Å². The number of hydrogen-bond acceptors (Lipinski definition) is 1. The van der Waals surface area contributed by atoms with Gasteiger partial charge in [0.25, 0.3) is 0 Å². The van der Waals surface area contributed by atoms with Gasteiger partial charge in [-0.05, 0) is 84.9 Å². The Balaban J connectivity index is 0.000000840. The standard InChI is InChI=1S/C24H19S2.C12H10I.CH4.2F5P.2FH/c1-4-10-20(11-5-1)25-21-16-18-24(19-17-21)26(22-12-6-2-7-13-22)23-14-8-3-9-15-23;1-3-7-11(8-4-1)13-12-9-5-2-6-10-12;;2*1-6(2,3,4)5;;/h1-19H;1-10H;1H4;;;2*1H/q2*+1;;;;;/p-2. The molecule has 0 fully saturated rings. The molecule has 0 aliphatic heterocycles. The first kappa shape index (κ1) is 50.8. The van der Waals surface area contributed by atoms with Crippen LogP contribution >= 0.6 is 28.1 Å². The quantitative estimate of drug-likeness (QED) is 0.0701. The predicted molar refractivity (Wildman–Crippen MR) is 194 cm³/mol. The Labute approximate surface area is 324 Å². The van der Waals surface area contributed by atoms with Crippen molar-refractivity contribution in [3.8, 4) is 0 Å². The van der Waals surface area contributed by atoms with E-state index in [4.69, 9.17) is 0 Å². The summed E-state index contributed by atoms with van der Waals surface area (Å²) >= 11 is 1.83. The minimum Gasteiger partial charge on any atom is -1.00 e. The van der Waals surface area contributed by atoms with Gasteiger partial charge in [0.2, 0.25) is 0 Å². The Bertz CT molecular complexity index is 1740. The minimum atomic E-state index is -8.55. The molecule has 0 saturated heterocycles. The second-order valence-electron chi connectivity index (χ2n) is 9.78. The van der Waals surface area contributed by atoms with E-state index in [1.54, 1.807) is 11.8 Å². The summed E-state index contributed by atoms with van der Waals surface area (Å²) in [6, 6.07) is 62.5. The summed E-state index contributed by atoms with van der Waals surface area (Å²) < 4.78 is 101. The van der Waals surface area contributed by atoms with Gasteiger partial charge >= 0.3 is 79.5 Å². The third kappa shape index (κ3) is 25.0. The van der Waals surface area contributed by atoms with Crippen LogP contribution in [0.25, 0.3) is 0 Å². The van der Waals surface area contributed by atoms with Gasteiger partial charge in [-0.1, -0.05) is 110 Å². The molecule has 17 heteroatoms. The van der Waals surface area contributed by atoms with E-state index >= 15 is 0 Å². The van der Waals surface area contributed by atoms with Crippen molar-refractivity contribution in [1.29, 1.82) is 0 Å². The molecule has 0 heterocycles. The van der Waals surface area contributed by atoms with Gasteiger partial charge < -0.3 is 9.41 Å². The monoisotopic (exact) mass is 958 g/mol. The van der Waals surface area contributed by atoms with E-state index in [1.165, 1.54) is 31.6 Å². The van der Waals surface area contributed by atoms with Gasteiger partial charge in [0, 0.05) is 9.79 Å². The van der Waals surface area contributed by atoms with E-state index in [2.05, 4.69) is 176 Å². The Kier molecular flexibility index (Phi) is 21.6. The predicted octanol–water partition coefficient (Wildman–Crippen LogP) is 7.32. The molecule has 294 valence electrons. The van der Waals surface area contributed by atoms with Crippen LogP contribution in [0.15, 0.2) is 200 Å². The van der Waals surface area contributed by atoms with Crippen LogP contribution in [0.1, 0.15) is 7.43 Å². The zero-order valence-electron chi connectivity index (χ0n) is 26.9. The molecule has 0 atom stereocenters. The van der Waals surface area contributed by atoms with Gasteiger partial charge in [-0.25, -0.2) is 0 Å². The van der Waals surface area contributed by atoms with E-state index in [-0.39, 0.29) is 48.9 Å². The Morgan fingerprint density at radius 3 is 0.907 bits per heavy atom. The maximum atomic E-state index is 9.84. The third-order valence-electron chi connectivity index (χ3n) is 5.68. The number of halogens is 13. The molecule has 0 N–H and O–H groups in total. The van der Waals surface area contributed by atoms with Crippen molar-refractivity contribution in [2.75, 3.05) is 0 Å². The van der Waals surface area contributed by atoms with E-state index < -0.39 is 16.3 Å². The van der Waals surface area contributed by atoms with E-state index in [0.717, 1.165) is 0 Å². The fourth-order valence-corrected chi connectivity index (χ4v) is 9.06. The Morgan fingerprint density at radius 1 is 0.352 bits per heavy atom. The molecule has 6 aromatic rings. The minimum absolute atomic E-state index is 0. The van der Waals surface area contributed by atoms with Crippen molar-refractivity contribution >= 4 is 39.0 Å². The number of benzene rings is 6. The van der Waals surface area contributed by atoms with Crippen LogP contribution in [0, 0.1) is 7.14 Å². The first-order valence-corrected chi connectivity index (χ1v) is 22.0. The van der Waals surface area contributed by atoms with Gasteiger partial charge in [0.1, 0.15) is 0 Å². The molecule has 0 nitrogen and oxygen atoms in total. The molecule has 0 bridgehead atoms. The SMILES string of the molecule is C.FP(F)(F)(F)F.FP(F)(F)(F)F.[F-].[F-].c1ccc(Sc2ccc([S+](c3ccccc3)c3ccccc3)cc2)cc1.c1ccc([I+]c2ccccc2)cc1. The molecule has 6 rings (SSSR count). The smallest absolute Gasteiger partial charge is 0.357 e. The van der Waals surface area contributed by atoms with Gasteiger partial charge in [-0.2, -0.15) is 0 Å². The largest absolute Gasteiger partial charge is 1.00 e. The van der Waals surface area contributed by atoms with Crippen LogP contribution in [0.4, 0.5) is 42.0 Å². The second-order valence-corrected chi connectivity index (χ2v) is 18.5. The first-order valence-electron chi connectivity index (χ1n) is 14.5. The topological polar surface area (TPSA) is 0 Å². The maximum Gasteiger partial charge on any atom is 0.357 e. The fourth-order valence-electron chi connectivity index (χ4n) is 3.87. The Morgan fingerprint density at radius 2 is 0.593 bits per heavy atom. The second kappa shape index (κ2) is 23.0. The van der Waals surface area contributed by atoms with Gasteiger partial charge in [0.05, 0.1) is 10.9 Å². The average molecular weight is 959 g/mol. The van der Waals surface area contributed by atoms with E-state index in [9.17, 15) is 42.0 Å². The van der Waals surface area contributed by atoms with E-state index in [1.807, 2.05) is 0 Å². The van der Waals surface area contributed by atoms with Crippen LogP contribution in [-0.4, -0.2) is 0 Å². The summed E-state index contributed by atoms with van der Waals surface area (Å²) in [5.41, 5.74) is 0. The molecule has 0 aliphatic rings.